The molecule has 1 aromatic carbocycles. The summed E-state index contributed by atoms with van der Waals surface area (Å²) in [6.45, 7) is 6.90. The monoisotopic (exact) mass is 392 g/mol. The van der Waals surface area contributed by atoms with E-state index in [4.69, 9.17) is 9.47 Å². The molecule has 1 heterocycles. The van der Waals surface area contributed by atoms with Gasteiger partial charge in [0.05, 0.1) is 18.1 Å². The lowest BCUT2D eigenvalue weighted by Gasteiger charge is -2.12. The van der Waals surface area contributed by atoms with Gasteiger partial charge in [-0.1, -0.05) is 6.92 Å². The molecule has 0 bridgehead atoms. The highest BCUT2D eigenvalue weighted by Gasteiger charge is 2.36. The molecule has 0 aliphatic carbocycles. The van der Waals surface area contributed by atoms with Crippen LogP contribution in [0.25, 0.3) is 6.08 Å². The standard InChI is InChI=1S/C19H24N2O5S/c1-4-9-20-17(22)12-21-18(23)16(27-19(21)24)10-13-7-8-14(25-5-2)11-15(13)26-6-3/h7-8,10-11H,4-6,9,12H2,1-3H3,(H,20,22)/b16-10-. The van der Waals surface area contributed by atoms with E-state index in [9.17, 15) is 14.4 Å². The number of thioether (sulfide) groups is 1. The average Bonchev–Trinajstić information content (AvgIpc) is 2.90. The van der Waals surface area contributed by atoms with Gasteiger partial charge in [0.1, 0.15) is 18.0 Å². The van der Waals surface area contributed by atoms with E-state index < -0.39 is 11.1 Å². The van der Waals surface area contributed by atoms with Gasteiger partial charge in [0.2, 0.25) is 5.91 Å². The van der Waals surface area contributed by atoms with Crippen molar-refractivity contribution < 1.29 is 23.9 Å². The zero-order valence-corrected chi connectivity index (χ0v) is 16.6. The lowest BCUT2D eigenvalue weighted by molar-refractivity contribution is -0.129. The van der Waals surface area contributed by atoms with Crippen LogP contribution in [0.1, 0.15) is 32.8 Å². The van der Waals surface area contributed by atoms with E-state index in [2.05, 4.69) is 5.32 Å². The van der Waals surface area contributed by atoms with Crippen molar-refractivity contribution in [2.75, 3.05) is 26.3 Å². The van der Waals surface area contributed by atoms with E-state index in [0.29, 0.717) is 36.8 Å². The van der Waals surface area contributed by atoms with Gasteiger partial charge in [-0.2, -0.15) is 0 Å². The van der Waals surface area contributed by atoms with Gasteiger partial charge in [0.15, 0.2) is 0 Å². The second-order valence-electron chi connectivity index (χ2n) is 5.68. The summed E-state index contributed by atoms with van der Waals surface area (Å²) in [4.78, 5) is 37.7. The number of amides is 3. The molecule has 1 aliphatic rings. The third-order valence-corrected chi connectivity index (χ3v) is 4.54. The summed E-state index contributed by atoms with van der Waals surface area (Å²) < 4.78 is 11.1. The van der Waals surface area contributed by atoms with Crippen molar-refractivity contribution in [3.8, 4) is 11.5 Å². The van der Waals surface area contributed by atoms with Crippen LogP contribution in [-0.4, -0.2) is 48.3 Å². The van der Waals surface area contributed by atoms with Crippen LogP contribution in [0.4, 0.5) is 4.79 Å². The molecule has 0 saturated carbocycles. The Kier molecular flexibility index (Phi) is 7.72. The van der Waals surface area contributed by atoms with Gasteiger partial charge in [0, 0.05) is 18.2 Å². The quantitative estimate of drug-likeness (QED) is 0.650. The Labute approximate surface area is 163 Å². The van der Waals surface area contributed by atoms with Crippen LogP contribution in [-0.2, 0) is 9.59 Å². The number of hydrogen-bond donors (Lipinski definition) is 1. The second-order valence-corrected chi connectivity index (χ2v) is 6.68. The van der Waals surface area contributed by atoms with E-state index in [1.54, 1.807) is 24.3 Å². The molecule has 7 nitrogen and oxygen atoms in total. The molecule has 1 fully saturated rings. The summed E-state index contributed by atoms with van der Waals surface area (Å²) in [6.07, 6.45) is 2.39. The van der Waals surface area contributed by atoms with Crippen LogP contribution in [0.3, 0.4) is 0 Å². The van der Waals surface area contributed by atoms with Crippen molar-refractivity contribution in [2.45, 2.75) is 27.2 Å². The number of imide groups is 1. The summed E-state index contributed by atoms with van der Waals surface area (Å²) in [5.41, 5.74) is 0.668. The zero-order valence-electron chi connectivity index (χ0n) is 15.7. The molecule has 1 aliphatic heterocycles. The summed E-state index contributed by atoms with van der Waals surface area (Å²) in [5, 5.41) is 2.20. The minimum Gasteiger partial charge on any atom is -0.494 e. The Morgan fingerprint density at radius 1 is 1.19 bits per heavy atom. The molecule has 0 radical (unpaired) electrons. The van der Waals surface area contributed by atoms with Crippen molar-refractivity contribution in [1.82, 2.24) is 10.2 Å². The highest BCUT2D eigenvalue weighted by atomic mass is 32.2. The topological polar surface area (TPSA) is 84.9 Å². The first-order chi connectivity index (χ1) is 13.0. The number of benzene rings is 1. The van der Waals surface area contributed by atoms with Crippen LogP contribution in [0.15, 0.2) is 23.1 Å². The summed E-state index contributed by atoms with van der Waals surface area (Å²) in [5.74, 6) is 0.402. The average molecular weight is 392 g/mol. The molecule has 146 valence electrons. The van der Waals surface area contributed by atoms with Gasteiger partial charge in [0.25, 0.3) is 11.1 Å². The molecule has 2 rings (SSSR count). The molecular formula is C19H24N2O5S. The first-order valence-corrected chi connectivity index (χ1v) is 9.73. The van der Waals surface area contributed by atoms with Crippen LogP contribution in [0.5, 0.6) is 11.5 Å². The van der Waals surface area contributed by atoms with E-state index in [0.717, 1.165) is 23.1 Å². The molecule has 1 aromatic rings. The van der Waals surface area contributed by atoms with Crippen molar-refractivity contribution in [2.24, 2.45) is 0 Å². The summed E-state index contributed by atoms with van der Waals surface area (Å²) >= 11 is 0.815. The number of carbonyl (C=O) groups is 3. The molecule has 27 heavy (non-hydrogen) atoms. The van der Waals surface area contributed by atoms with Crippen LogP contribution >= 0.6 is 11.8 Å². The van der Waals surface area contributed by atoms with Crippen molar-refractivity contribution in [1.29, 1.82) is 0 Å². The van der Waals surface area contributed by atoms with Gasteiger partial charge >= 0.3 is 0 Å². The maximum absolute atomic E-state index is 12.5. The maximum atomic E-state index is 12.5. The summed E-state index contributed by atoms with van der Waals surface area (Å²) in [6, 6.07) is 5.31. The smallest absolute Gasteiger partial charge is 0.294 e. The molecule has 0 aromatic heterocycles. The minimum absolute atomic E-state index is 0.258. The predicted molar refractivity (Wildman–Crippen MR) is 105 cm³/mol. The zero-order chi connectivity index (χ0) is 19.8. The lowest BCUT2D eigenvalue weighted by Crippen LogP contribution is -2.39. The Morgan fingerprint density at radius 2 is 1.93 bits per heavy atom. The number of nitrogens with zero attached hydrogens (tertiary/aromatic N) is 1. The van der Waals surface area contributed by atoms with Gasteiger partial charge < -0.3 is 14.8 Å². The minimum atomic E-state index is -0.479. The third kappa shape index (κ3) is 5.50. The van der Waals surface area contributed by atoms with Gasteiger partial charge in [-0.3, -0.25) is 19.3 Å². The predicted octanol–water partition coefficient (Wildman–Crippen LogP) is 3.05. The third-order valence-electron chi connectivity index (χ3n) is 3.63. The fourth-order valence-corrected chi connectivity index (χ4v) is 3.24. The highest BCUT2D eigenvalue weighted by molar-refractivity contribution is 8.18. The SMILES string of the molecule is CCCNC(=O)CN1C(=O)S/C(=C\c2ccc(OCC)cc2OCC)C1=O. The van der Waals surface area contributed by atoms with Gasteiger partial charge in [-0.15, -0.1) is 0 Å². The molecule has 1 saturated heterocycles. The van der Waals surface area contributed by atoms with E-state index in [-0.39, 0.29) is 17.4 Å². The Hall–Kier alpha value is -2.48. The lowest BCUT2D eigenvalue weighted by atomic mass is 10.1. The van der Waals surface area contributed by atoms with Crippen LogP contribution < -0.4 is 14.8 Å². The first-order valence-electron chi connectivity index (χ1n) is 8.91. The molecular weight excluding hydrogens is 368 g/mol. The largest absolute Gasteiger partial charge is 0.494 e. The number of nitrogens with one attached hydrogen (secondary N) is 1. The van der Waals surface area contributed by atoms with E-state index in [1.165, 1.54) is 0 Å². The van der Waals surface area contributed by atoms with Gasteiger partial charge in [-0.25, -0.2) is 0 Å². The maximum Gasteiger partial charge on any atom is 0.294 e. The van der Waals surface area contributed by atoms with Crippen LogP contribution in [0, 0.1) is 0 Å². The van der Waals surface area contributed by atoms with E-state index >= 15 is 0 Å². The second kappa shape index (κ2) is 10.0. The fraction of sp³-hybridized carbons (Fsp3) is 0.421. The van der Waals surface area contributed by atoms with Crippen LogP contribution in [0.2, 0.25) is 0 Å². The molecule has 3 amide bonds. The Balaban J connectivity index is 2.20. The Bertz CT molecular complexity index is 748. The normalized spacial score (nSPS) is 15.4. The first kappa shape index (κ1) is 20.8. The number of rotatable bonds is 9. The van der Waals surface area contributed by atoms with E-state index in [1.807, 2.05) is 20.8 Å². The number of hydrogen-bond acceptors (Lipinski definition) is 6. The van der Waals surface area contributed by atoms with Gasteiger partial charge in [-0.05, 0) is 50.2 Å². The number of carbonyl (C=O) groups excluding carboxylic acids is 3. The summed E-state index contributed by atoms with van der Waals surface area (Å²) in [7, 11) is 0. The Morgan fingerprint density at radius 3 is 2.59 bits per heavy atom. The fourth-order valence-electron chi connectivity index (χ4n) is 2.41. The van der Waals surface area contributed by atoms with Crippen molar-refractivity contribution in [3.63, 3.8) is 0 Å². The molecule has 0 atom stereocenters. The molecule has 0 unspecified atom stereocenters. The molecule has 8 heteroatoms. The molecule has 0 spiro atoms. The number of ether oxygens (including phenoxy) is 2. The highest BCUT2D eigenvalue weighted by Crippen LogP contribution is 2.35. The molecule has 1 N–H and O–H groups in total. The van der Waals surface area contributed by atoms with Crippen molar-refractivity contribution >= 4 is 34.9 Å². The van der Waals surface area contributed by atoms with Crippen molar-refractivity contribution in [3.05, 3.63) is 28.7 Å².